The molecule has 150 valence electrons. The highest BCUT2D eigenvalue weighted by Crippen LogP contribution is 2.40. The van der Waals surface area contributed by atoms with E-state index in [1.165, 1.54) is 28.9 Å². The Kier molecular flexibility index (Phi) is 5.22. The number of likely N-dealkylation sites (N-methyl/N-ethyl adjacent to an activating group) is 1. The predicted molar refractivity (Wildman–Crippen MR) is 100 cm³/mol. The number of quaternary nitrogens is 1. The molecule has 0 aliphatic carbocycles. The molecular formula is C17H21N4O6S+. The number of carbonyl (C=O) groups is 3. The summed E-state index contributed by atoms with van der Waals surface area (Å²) in [6.45, 7) is 0.739. The summed E-state index contributed by atoms with van der Waals surface area (Å²) < 4.78 is 0.329. The van der Waals surface area contributed by atoms with Gasteiger partial charge in [0.15, 0.2) is 5.75 Å². The van der Waals surface area contributed by atoms with E-state index in [1.807, 2.05) is 14.1 Å². The average molecular weight is 409 g/mol. The zero-order chi connectivity index (χ0) is 20.6. The SMILES string of the molecule is C[N+](C)(CC1=C(C(=O)O)N2C(=O)[C@@H](NC=O)[C@H]2SC1)Cc1cc(=O)c(O)c[nH]1. The summed E-state index contributed by atoms with van der Waals surface area (Å²) >= 11 is 1.41. The van der Waals surface area contributed by atoms with Gasteiger partial charge in [0.1, 0.15) is 30.2 Å². The summed E-state index contributed by atoms with van der Waals surface area (Å²) in [5.74, 6) is -1.57. The lowest BCUT2D eigenvalue weighted by Crippen LogP contribution is -2.69. The van der Waals surface area contributed by atoms with Gasteiger partial charge in [-0.25, -0.2) is 4.79 Å². The van der Waals surface area contributed by atoms with Gasteiger partial charge in [0.2, 0.25) is 11.8 Å². The number of aromatic nitrogens is 1. The van der Waals surface area contributed by atoms with E-state index in [0.29, 0.717) is 41.0 Å². The van der Waals surface area contributed by atoms with Crippen molar-refractivity contribution < 1.29 is 29.1 Å². The first-order valence-electron chi connectivity index (χ1n) is 8.47. The van der Waals surface area contributed by atoms with E-state index in [0.717, 1.165) is 0 Å². The fraction of sp³-hybridized carbons (Fsp3) is 0.412. The number of hydrogen-bond donors (Lipinski definition) is 4. The predicted octanol–water partition coefficient (Wildman–Crippen LogP) is -0.975. The molecular weight excluding hydrogens is 388 g/mol. The topological polar surface area (TPSA) is 140 Å². The highest BCUT2D eigenvalue weighted by atomic mass is 32.2. The number of carboxylic acids is 1. The molecule has 1 aromatic rings. The maximum Gasteiger partial charge on any atom is 0.352 e. The Morgan fingerprint density at radius 2 is 2.14 bits per heavy atom. The summed E-state index contributed by atoms with van der Waals surface area (Å²) in [5.41, 5.74) is 0.679. The van der Waals surface area contributed by atoms with Gasteiger partial charge < -0.3 is 25.0 Å². The van der Waals surface area contributed by atoms with Gasteiger partial charge >= 0.3 is 5.97 Å². The number of carbonyl (C=O) groups excluding carboxylic acids is 2. The molecule has 2 aliphatic heterocycles. The monoisotopic (exact) mass is 409 g/mol. The smallest absolute Gasteiger partial charge is 0.352 e. The molecule has 0 spiro atoms. The normalized spacial score (nSPS) is 21.8. The summed E-state index contributed by atoms with van der Waals surface area (Å²) in [6, 6.07) is 0.602. The van der Waals surface area contributed by atoms with Crippen molar-refractivity contribution in [3.8, 4) is 5.75 Å². The first kappa shape index (κ1) is 20.0. The molecule has 0 saturated carbocycles. The first-order chi connectivity index (χ1) is 13.1. The standard InChI is InChI=1S/C17H20N4O6S/c1-21(2,6-10-3-11(23)12(24)4-18-10)5-9-7-28-16-13(19-8-22)15(25)20(16)14(9)17(26)27/h3-4,8,13,16H,5-7H2,1-2H3,(H3-,18,19,22,23,24,26,27)/p+1/t13-,16-/m1/s1. The van der Waals surface area contributed by atoms with Crippen LogP contribution in [0.5, 0.6) is 5.75 Å². The van der Waals surface area contributed by atoms with Gasteiger partial charge in [-0.3, -0.25) is 19.3 Å². The second kappa shape index (κ2) is 7.32. The first-order valence-corrected chi connectivity index (χ1v) is 9.52. The number of nitrogens with one attached hydrogen (secondary N) is 2. The lowest BCUT2D eigenvalue weighted by molar-refractivity contribution is -0.899. The number of H-pyrrole nitrogens is 1. The fourth-order valence-corrected chi connectivity index (χ4v) is 4.88. The van der Waals surface area contributed by atoms with Gasteiger partial charge in [-0.2, -0.15) is 0 Å². The molecule has 1 fully saturated rings. The maximum atomic E-state index is 12.3. The van der Waals surface area contributed by atoms with Gasteiger partial charge in [0.25, 0.3) is 5.91 Å². The molecule has 2 atom stereocenters. The van der Waals surface area contributed by atoms with Gasteiger partial charge in [0, 0.05) is 23.6 Å². The maximum absolute atomic E-state index is 12.3. The average Bonchev–Trinajstić information content (AvgIpc) is 2.61. The van der Waals surface area contributed by atoms with Crippen LogP contribution < -0.4 is 10.7 Å². The van der Waals surface area contributed by atoms with Crippen LogP contribution >= 0.6 is 11.8 Å². The number of fused-ring (bicyclic) bond motifs is 1. The van der Waals surface area contributed by atoms with Crippen LogP contribution in [0.4, 0.5) is 0 Å². The molecule has 3 rings (SSSR count). The number of aromatic amines is 1. The lowest BCUT2D eigenvalue weighted by atomic mass is 10.0. The number of rotatable bonds is 7. The number of aliphatic carboxylic acids is 1. The third-order valence-corrected chi connectivity index (χ3v) is 6.01. The highest BCUT2D eigenvalue weighted by molar-refractivity contribution is 8.00. The van der Waals surface area contributed by atoms with Crippen molar-refractivity contribution in [2.24, 2.45) is 0 Å². The molecule has 3 heterocycles. The third kappa shape index (κ3) is 3.62. The number of nitrogens with zero attached hydrogens (tertiary/aromatic N) is 2. The van der Waals surface area contributed by atoms with Gasteiger partial charge in [-0.1, -0.05) is 0 Å². The molecule has 0 radical (unpaired) electrons. The highest BCUT2D eigenvalue weighted by Gasteiger charge is 2.54. The van der Waals surface area contributed by atoms with E-state index >= 15 is 0 Å². The Bertz CT molecular complexity index is 924. The number of aromatic hydroxyl groups is 1. The van der Waals surface area contributed by atoms with Crippen molar-refractivity contribution in [2.45, 2.75) is 18.0 Å². The second-order valence-electron chi connectivity index (χ2n) is 7.39. The molecule has 2 aliphatic rings. The van der Waals surface area contributed by atoms with Crippen LogP contribution in [0, 0.1) is 0 Å². The fourth-order valence-electron chi connectivity index (χ4n) is 3.53. The minimum Gasteiger partial charge on any atom is -0.503 e. The van der Waals surface area contributed by atoms with E-state index < -0.39 is 28.7 Å². The Morgan fingerprint density at radius 3 is 2.75 bits per heavy atom. The van der Waals surface area contributed by atoms with Crippen LogP contribution in [-0.2, 0) is 20.9 Å². The molecule has 28 heavy (non-hydrogen) atoms. The Balaban J connectivity index is 1.83. The third-order valence-electron chi connectivity index (χ3n) is 4.67. The van der Waals surface area contributed by atoms with E-state index in [-0.39, 0.29) is 11.4 Å². The van der Waals surface area contributed by atoms with Crippen LogP contribution in [0.15, 0.2) is 28.3 Å². The largest absolute Gasteiger partial charge is 0.503 e. The number of thioether (sulfide) groups is 1. The quantitative estimate of drug-likeness (QED) is 0.258. The van der Waals surface area contributed by atoms with Crippen LogP contribution in [-0.4, -0.2) is 80.7 Å². The van der Waals surface area contributed by atoms with Crippen LogP contribution in [0.2, 0.25) is 0 Å². The summed E-state index contributed by atoms with van der Waals surface area (Å²) in [4.78, 5) is 50.5. The summed E-state index contributed by atoms with van der Waals surface area (Å²) in [6.07, 6.45) is 1.66. The van der Waals surface area contributed by atoms with Gasteiger partial charge in [0.05, 0.1) is 19.8 Å². The molecule has 0 aromatic carbocycles. The van der Waals surface area contributed by atoms with Crippen molar-refractivity contribution in [1.29, 1.82) is 0 Å². The van der Waals surface area contributed by atoms with Crippen molar-refractivity contribution >= 4 is 30.0 Å². The molecule has 10 nitrogen and oxygen atoms in total. The number of amides is 2. The van der Waals surface area contributed by atoms with Crippen LogP contribution in [0.3, 0.4) is 0 Å². The summed E-state index contributed by atoms with van der Waals surface area (Å²) in [5, 5.41) is 21.1. The Labute approximate surface area is 164 Å². The van der Waals surface area contributed by atoms with E-state index in [1.54, 1.807) is 0 Å². The van der Waals surface area contributed by atoms with Crippen molar-refractivity contribution in [3.05, 3.63) is 39.5 Å². The molecule has 0 bridgehead atoms. The Hall–Kier alpha value is -2.79. The van der Waals surface area contributed by atoms with Crippen LogP contribution in [0.1, 0.15) is 5.69 Å². The van der Waals surface area contributed by atoms with Crippen molar-refractivity contribution in [2.75, 3.05) is 26.4 Å². The molecule has 1 saturated heterocycles. The lowest BCUT2D eigenvalue weighted by Gasteiger charge is -2.49. The van der Waals surface area contributed by atoms with Gasteiger partial charge in [-0.05, 0) is 0 Å². The van der Waals surface area contributed by atoms with Crippen LogP contribution in [0.25, 0.3) is 0 Å². The van der Waals surface area contributed by atoms with E-state index in [4.69, 9.17) is 0 Å². The second-order valence-corrected chi connectivity index (χ2v) is 8.49. The molecule has 4 N–H and O–H groups in total. The zero-order valence-corrected chi connectivity index (χ0v) is 16.2. The molecule has 2 amide bonds. The number of β-lactam (4-membered cyclic amide) rings is 1. The zero-order valence-electron chi connectivity index (χ0n) is 15.3. The van der Waals surface area contributed by atoms with Gasteiger partial charge in [-0.15, -0.1) is 11.8 Å². The number of hydrogen-bond acceptors (Lipinski definition) is 6. The number of pyridine rings is 1. The number of carboxylic acid groups (broad SMARTS) is 1. The van der Waals surface area contributed by atoms with E-state index in [2.05, 4.69) is 10.3 Å². The molecule has 11 heteroatoms. The van der Waals surface area contributed by atoms with Crippen molar-refractivity contribution in [3.63, 3.8) is 0 Å². The molecule has 0 unspecified atom stereocenters. The Morgan fingerprint density at radius 1 is 1.43 bits per heavy atom. The minimum atomic E-state index is -1.18. The van der Waals surface area contributed by atoms with E-state index in [9.17, 15) is 29.4 Å². The van der Waals surface area contributed by atoms with Crippen molar-refractivity contribution in [1.82, 2.24) is 15.2 Å². The molecule has 1 aromatic heterocycles. The minimum absolute atomic E-state index is 0.0388. The summed E-state index contributed by atoms with van der Waals surface area (Å²) in [7, 11) is 3.76.